The number of benzene rings is 1. The van der Waals surface area contributed by atoms with E-state index in [1.807, 2.05) is 17.5 Å². The molecule has 146 valence electrons. The molecule has 1 aliphatic rings. The molecule has 2 aromatic rings. The molecule has 1 aliphatic heterocycles. The van der Waals surface area contributed by atoms with Gasteiger partial charge in [0.1, 0.15) is 0 Å². The lowest BCUT2D eigenvalue weighted by Crippen LogP contribution is -2.46. The van der Waals surface area contributed by atoms with E-state index in [2.05, 4.69) is 5.32 Å². The van der Waals surface area contributed by atoms with Crippen LogP contribution in [0.15, 0.2) is 41.8 Å². The summed E-state index contributed by atoms with van der Waals surface area (Å²) in [5, 5.41) is 4.61. The zero-order valence-corrected chi connectivity index (χ0v) is 15.5. The minimum atomic E-state index is -4.44. The van der Waals surface area contributed by atoms with E-state index in [1.165, 1.54) is 17.0 Å². The van der Waals surface area contributed by atoms with Gasteiger partial charge in [-0.05, 0) is 48.9 Å². The van der Waals surface area contributed by atoms with E-state index in [4.69, 9.17) is 4.74 Å². The van der Waals surface area contributed by atoms with Gasteiger partial charge in [-0.3, -0.25) is 0 Å². The number of alkyl halides is 3. The lowest BCUT2D eigenvalue weighted by Gasteiger charge is -2.34. The van der Waals surface area contributed by atoms with Crippen LogP contribution in [0, 0.1) is 0 Å². The summed E-state index contributed by atoms with van der Waals surface area (Å²) in [4.78, 5) is 15.7. The molecule has 1 aromatic carbocycles. The van der Waals surface area contributed by atoms with Gasteiger partial charge >= 0.3 is 12.2 Å². The number of carbonyl (C=O) groups is 1. The van der Waals surface area contributed by atoms with Crippen LogP contribution in [0.5, 0.6) is 0 Å². The molecule has 1 fully saturated rings. The Hall–Kier alpha value is -2.06. The average Bonchev–Trinajstić information content (AvgIpc) is 3.16. The Kier molecular flexibility index (Phi) is 6.38. The summed E-state index contributed by atoms with van der Waals surface area (Å²) in [6.45, 7) is 1.67. The Balaban J connectivity index is 1.71. The molecule has 0 spiro atoms. The minimum Gasteiger partial charge on any atom is -0.381 e. The number of halogens is 3. The van der Waals surface area contributed by atoms with Gasteiger partial charge in [0.25, 0.3) is 0 Å². The summed E-state index contributed by atoms with van der Waals surface area (Å²) in [7, 11) is 0. The SMILES string of the molecule is O=C(Nc1cccc(C(F)(F)F)c1)N(CCc1cccs1)C1CCOCC1. The van der Waals surface area contributed by atoms with Crippen molar-refractivity contribution < 1.29 is 22.7 Å². The summed E-state index contributed by atoms with van der Waals surface area (Å²) >= 11 is 1.62. The smallest absolute Gasteiger partial charge is 0.381 e. The molecule has 2 amide bonds. The van der Waals surface area contributed by atoms with E-state index in [-0.39, 0.29) is 17.8 Å². The third kappa shape index (κ3) is 5.46. The van der Waals surface area contributed by atoms with Gasteiger partial charge < -0.3 is 15.0 Å². The molecule has 3 rings (SSSR count). The maximum Gasteiger partial charge on any atom is 0.416 e. The first-order chi connectivity index (χ1) is 12.9. The van der Waals surface area contributed by atoms with Crippen LogP contribution in [0.1, 0.15) is 23.3 Å². The van der Waals surface area contributed by atoms with Crippen molar-refractivity contribution in [2.75, 3.05) is 25.1 Å². The topological polar surface area (TPSA) is 41.6 Å². The van der Waals surface area contributed by atoms with Gasteiger partial charge in [0.2, 0.25) is 0 Å². The molecule has 0 saturated carbocycles. The third-order valence-corrected chi connectivity index (χ3v) is 5.45. The van der Waals surface area contributed by atoms with E-state index in [0.29, 0.717) is 26.2 Å². The summed E-state index contributed by atoms with van der Waals surface area (Å²) < 4.78 is 44.1. The van der Waals surface area contributed by atoms with Crippen LogP contribution in [-0.2, 0) is 17.3 Å². The molecule has 0 unspecified atom stereocenters. The van der Waals surface area contributed by atoms with Crippen LogP contribution < -0.4 is 5.32 Å². The fraction of sp³-hybridized carbons (Fsp3) is 0.421. The molecule has 0 bridgehead atoms. The van der Waals surface area contributed by atoms with Crippen LogP contribution in [0.25, 0.3) is 0 Å². The van der Waals surface area contributed by atoms with Crippen molar-refractivity contribution in [3.8, 4) is 0 Å². The van der Waals surface area contributed by atoms with Crippen molar-refractivity contribution in [3.05, 3.63) is 52.2 Å². The highest BCUT2D eigenvalue weighted by Crippen LogP contribution is 2.30. The molecular formula is C19H21F3N2O2S. The van der Waals surface area contributed by atoms with Gasteiger partial charge in [0.05, 0.1) is 5.56 Å². The number of nitrogens with one attached hydrogen (secondary N) is 1. The lowest BCUT2D eigenvalue weighted by atomic mass is 10.1. The molecule has 4 nitrogen and oxygen atoms in total. The number of hydrogen-bond acceptors (Lipinski definition) is 3. The summed E-state index contributed by atoms with van der Waals surface area (Å²) in [6.07, 6.45) is -2.29. The Morgan fingerprint density at radius 3 is 2.67 bits per heavy atom. The number of carbonyl (C=O) groups excluding carboxylic acids is 1. The normalized spacial score (nSPS) is 15.5. The highest BCUT2D eigenvalue weighted by Gasteiger charge is 2.31. The molecule has 1 aromatic heterocycles. The highest BCUT2D eigenvalue weighted by molar-refractivity contribution is 7.09. The molecule has 0 aliphatic carbocycles. The third-order valence-electron chi connectivity index (χ3n) is 4.51. The second kappa shape index (κ2) is 8.75. The van der Waals surface area contributed by atoms with Crippen molar-refractivity contribution >= 4 is 23.1 Å². The second-order valence-electron chi connectivity index (χ2n) is 6.38. The quantitative estimate of drug-likeness (QED) is 0.768. The van der Waals surface area contributed by atoms with Crippen LogP contribution in [-0.4, -0.2) is 36.7 Å². The first-order valence-electron chi connectivity index (χ1n) is 8.78. The summed E-state index contributed by atoms with van der Waals surface area (Å²) in [5.41, 5.74) is -0.639. The first-order valence-corrected chi connectivity index (χ1v) is 9.66. The van der Waals surface area contributed by atoms with E-state index in [1.54, 1.807) is 16.2 Å². The van der Waals surface area contributed by atoms with Gasteiger partial charge in [-0.2, -0.15) is 13.2 Å². The molecular weight excluding hydrogens is 377 g/mol. The second-order valence-corrected chi connectivity index (χ2v) is 7.41. The van der Waals surface area contributed by atoms with Crippen molar-refractivity contribution in [3.63, 3.8) is 0 Å². The molecule has 8 heteroatoms. The Bertz CT molecular complexity index is 744. The number of amides is 2. The van der Waals surface area contributed by atoms with Gasteiger partial charge in [-0.25, -0.2) is 4.79 Å². The minimum absolute atomic E-state index is 0.0181. The fourth-order valence-corrected chi connectivity index (χ4v) is 3.80. The number of anilines is 1. The van der Waals surface area contributed by atoms with Crippen molar-refractivity contribution in [2.24, 2.45) is 0 Å². The van der Waals surface area contributed by atoms with Gasteiger partial charge in [0, 0.05) is 36.4 Å². The Morgan fingerprint density at radius 2 is 2.00 bits per heavy atom. The van der Waals surface area contributed by atoms with Crippen LogP contribution in [0.2, 0.25) is 0 Å². The Labute approximate surface area is 159 Å². The molecule has 1 saturated heterocycles. The van der Waals surface area contributed by atoms with E-state index >= 15 is 0 Å². The predicted molar refractivity (Wildman–Crippen MR) is 99.0 cm³/mol. The van der Waals surface area contributed by atoms with Gasteiger partial charge in [-0.1, -0.05) is 12.1 Å². The number of nitrogens with zero attached hydrogens (tertiary/aromatic N) is 1. The summed E-state index contributed by atoms with van der Waals surface area (Å²) in [5.74, 6) is 0. The van der Waals surface area contributed by atoms with E-state index in [9.17, 15) is 18.0 Å². The number of ether oxygens (including phenoxy) is 1. The van der Waals surface area contributed by atoms with E-state index < -0.39 is 11.7 Å². The zero-order chi connectivity index (χ0) is 19.3. The lowest BCUT2D eigenvalue weighted by molar-refractivity contribution is -0.137. The highest BCUT2D eigenvalue weighted by atomic mass is 32.1. The molecule has 2 heterocycles. The predicted octanol–water partition coefficient (Wildman–Crippen LogP) is 5.02. The van der Waals surface area contributed by atoms with Gasteiger partial charge in [0.15, 0.2) is 0 Å². The standard InChI is InChI=1S/C19H21F3N2O2S/c20-19(21,22)14-3-1-4-15(13-14)23-18(25)24(16-7-10-26-11-8-16)9-6-17-5-2-12-27-17/h1-5,12-13,16H,6-11H2,(H,23,25). The van der Waals surface area contributed by atoms with Crippen LogP contribution in [0.3, 0.4) is 0 Å². The number of urea groups is 1. The largest absolute Gasteiger partial charge is 0.416 e. The monoisotopic (exact) mass is 398 g/mol. The first kappa shape index (κ1) is 19.7. The summed E-state index contributed by atoms with van der Waals surface area (Å²) in [6, 6.07) is 8.32. The molecule has 27 heavy (non-hydrogen) atoms. The molecule has 1 N–H and O–H groups in total. The maximum absolute atomic E-state index is 12.9. The average molecular weight is 398 g/mol. The van der Waals surface area contributed by atoms with E-state index in [0.717, 1.165) is 25.0 Å². The van der Waals surface area contributed by atoms with Gasteiger partial charge in [-0.15, -0.1) is 11.3 Å². The van der Waals surface area contributed by atoms with Crippen LogP contribution >= 0.6 is 11.3 Å². The molecule has 0 atom stereocenters. The Morgan fingerprint density at radius 1 is 1.22 bits per heavy atom. The maximum atomic E-state index is 12.9. The van der Waals surface area contributed by atoms with Crippen molar-refractivity contribution in [1.29, 1.82) is 0 Å². The number of thiophene rings is 1. The van der Waals surface area contributed by atoms with Crippen molar-refractivity contribution in [1.82, 2.24) is 4.90 Å². The van der Waals surface area contributed by atoms with Crippen LogP contribution in [0.4, 0.5) is 23.7 Å². The molecule has 0 radical (unpaired) electrons. The number of rotatable bonds is 5. The zero-order valence-electron chi connectivity index (χ0n) is 14.7. The fourth-order valence-electron chi connectivity index (χ4n) is 3.10. The van der Waals surface area contributed by atoms with Crippen molar-refractivity contribution in [2.45, 2.75) is 31.5 Å². The number of hydrogen-bond donors (Lipinski definition) is 1.